The average Bonchev–Trinajstić information content (AvgIpc) is 3.12. The van der Waals surface area contributed by atoms with E-state index in [1.165, 1.54) is 42.8 Å². The molecule has 4 N–H and O–H groups in total. The van der Waals surface area contributed by atoms with Gasteiger partial charge in [-0.25, -0.2) is 0 Å². The van der Waals surface area contributed by atoms with E-state index in [1.54, 1.807) is 56.3 Å². The minimum absolute atomic E-state index is 0.104. The molecule has 3 aromatic carbocycles. The van der Waals surface area contributed by atoms with Crippen LogP contribution in [0.1, 0.15) is 55.2 Å². The van der Waals surface area contributed by atoms with Crippen LogP contribution in [0.2, 0.25) is 5.02 Å². The highest BCUT2D eigenvalue weighted by Crippen LogP contribution is 2.19. The molecule has 0 saturated carbocycles. The standard InChI is InChI=1S/C38H45ClN6O6/c1-23(2)33-36(49)40-24(3)34(47)42-31(27-14-10-7-11-15-27)21-45(37(50)28-16-18-29(39)19-17-28)22-32(46)41-30(20-26-12-8-6-9-13-26)38(51)44(5)25(4)35(48)43-33/h6-19,23-25,30-31,33H,20-22H2,1-5H3,(H,40,49)(H,41,46)(H,42,47)(H,43,48)/t24-,25-,30-,31-,33+/m0/s1. The number of carbonyl (C=O) groups is 6. The number of amides is 6. The summed E-state index contributed by atoms with van der Waals surface area (Å²) in [6, 6.07) is 19.2. The molecule has 4 rings (SSSR count). The second kappa shape index (κ2) is 17.6. The monoisotopic (exact) mass is 716 g/mol. The molecule has 1 fully saturated rings. The van der Waals surface area contributed by atoms with Gasteiger partial charge in [0.1, 0.15) is 24.2 Å². The number of hydrogen-bond acceptors (Lipinski definition) is 6. The third-order valence-corrected chi connectivity index (χ3v) is 9.11. The van der Waals surface area contributed by atoms with Crippen molar-refractivity contribution in [1.29, 1.82) is 0 Å². The van der Waals surface area contributed by atoms with Crippen molar-refractivity contribution in [3.63, 3.8) is 0 Å². The van der Waals surface area contributed by atoms with E-state index in [0.717, 1.165) is 5.56 Å². The zero-order valence-corrected chi connectivity index (χ0v) is 30.1. The normalized spacial score (nSPS) is 23.0. The lowest BCUT2D eigenvalue weighted by Gasteiger charge is -2.33. The van der Waals surface area contributed by atoms with Crippen molar-refractivity contribution in [3.05, 3.63) is 107 Å². The maximum absolute atomic E-state index is 14.0. The van der Waals surface area contributed by atoms with Crippen molar-refractivity contribution in [2.24, 2.45) is 5.92 Å². The highest BCUT2D eigenvalue weighted by atomic mass is 35.5. The van der Waals surface area contributed by atoms with Crippen molar-refractivity contribution < 1.29 is 28.8 Å². The number of rotatable bonds is 5. The van der Waals surface area contributed by atoms with Crippen molar-refractivity contribution >= 4 is 47.0 Å². The highest BCUT2D eigenvalue weighted by molar-refractivity contribution is 6.30. The Balaban J connectivity index is 1.78. The first-order chi connectivity index (χ1) is 24.2. The second-order valence-electron chi connectivity index (χ2n) is 13.1. The van der Waals surface area contributed by atoms with E-state index in [2.05, 4.69) is 21.3 Å². The van der Waals surface area contributed by atoms with E-state index in [9.17, 15) is 28.8 Å². The van der Waals surface area contributed by atoms with Gasteiger partial charge in [-0.1, -0.05) is 86.1 Å². The SMILES string of the molecule is CC(C)[C@H]1NC(=O)[C@H](C)N(C)C(=O)[C@H](Cc2ccccc2)NC(=O)CN(C(=O)c2ccc(Cl)cc2)C[C@@H](c2ccccc2)NC(=O)[C@H](C)NC1=O. The molecule has 1 aliphatic heterocycles. The molecule has 0 spiro atoms. The Morgan fingerprint density at radius 1 is 0.784 bits per heavy atom. The van der Waals surface area contributed by atoms with Crippen LogP contribution in [-0.4, -0.2) is 89.5 Å². The molecule has 0 radical (unpaired) electrons. The second-order valence-corrected chi connectivity index (χ2v) is 13.5. The number of nitrogens with zero attached hydrogens (tertiary/aromatic N) is 2. The fourth-order valence-corrected chi connectivity index (χ4v) is 5.81. The number of hydrogen-bond donors (Lipinski definition) is 4. The minimum atomic E-state index is -1.11. The van der Waals surface area contributed by atoms with Crippen LogP contribution in [0.15, 0.2) is 84.9 Å². The first-order valence-corrected chi connectivity index (χ1v) is 17.2. The molecule has 0 bridgehead atoms. The lowest BCUT2D eigenvalue weighted by molar-refractivity contribution is -0.142. The molecule has 1 aliphatic rings. The minimum Gasteiger partial charge on any atom is -0.346 e. The molecule has 0 unspecified atom stereocenters. The Morgan fingerprint density at radius 3 is 2.00 bits per heavy atom. The van der Waals surface area contributed by atoms with Gasteiger partial charge in [0.2, 0.25) is 29.5 Å². The summed E-state index contributed by atoms with van der Waals surface area (Å²) >= 11 is 6.09. The van der Waals surface area contributed by atoms with E-state index in [1.807, 2.05) is 30.3 Å². The molecule has 12 nitrogen and oxygen atoms in total. The van der Waals surface area contributed by atoms with Crippen LogP contribution < -0.4 is 21.3 Å². The quantitative estimate of drug-likeness (QED) is 0.318. The van der Waals surface area contributed by atoms with E-state index >= 15 is 0 Å². The van der Waals surface area contributed by atoms with Crippen LogP contribution in [0.25, 0.3) is 0 Å². The van der Waals surface area contributed by atoms with Crippen molar-refractivity contribution in [3.8, 4) is 0 Å². The summed E-state index contributed by atoms with van der Waals surface area (Å²) in [6.45, 7) is 5.94. The zero-order chi connectivity index (χ0) is 37.2. The highest BCUT2D eigenvalue weighted by Gasteiger charge is 2.35. The number of halogens is 1. The van der Waals surface area contributed by atoms with Gasteiger partial charge in [0.05, 0.1) is 12.6 Å². The van der Waals surface area contributed by atoms with Crippen LogP contribution in [0.3, 0.4) is 0 Å². The van der Waals surface area contributed by atoms with Gasteiger partial charge < -0.3 is 31.1 Å². The maximum Gasteiger partial charge on any atom is 0.254 e. The summed E-state index contributed by atoms with van der Waals surface area (Å²) < 4.78 is 0. The number of nitrogens with one attached hydrogen (secondary N) is 4. The van der Waals surface area contributed by atoms with Gasteiger partial charge >= 0.3 is 0 Å². The predicted octanol–water partition coefficient (Wildman–Crippen LogP) is 2.87. The van der Waals surface area contributed by atoms with E-state index < -0.39 is 72.2 Å². The number of benzene rings is 3. The Morgan fingerprint density at radius 2 is 1.39 bits per heavy atom. The van der Waals surface area contributed by atoms with E-state index in [4.69, 9.17) is 11.6 Å². The van der Waals surface area contributed by atoms with Gasteiger partial charge in [0.25, 0.3) is 5.91 Å². The summed E-state index contributed by atoms with van der Waals surface area (Å²) in [4.78, 5) is 85.0. The molecule has 0 aromatic heterocycles. The number of carbonyl (C=O) groups excluding carboxylic acids is 6. The summed E-state index contributed by atoms with van der Waals surface area (Å²) in [5.74, 6) is -3.76. The Labute approximate surface area is 303 Å². The molecule has 13 heteroatoms. The zero-order valence-electron chi connectivity index (χ0n) is 29.4. The van der Waals surface area contributed by atoms with Gasteiger partial charge in [-0.2, -0.15) is 0 Å². The molecule has 0 aliphatic carbocycles. The van der Waals surface area contributed by atoms with Crippen LogP contribution in [0.4, 0.5) is 0 Å². The van der Waals surface area contributed by atoms with E-state index in [0.29, 0.717) is 10.6 Å². The maximum atomic E-state index is 14.0. The smallest absolute Gasteiger partial charge is 0.254 e. The topological polar surface area (TPSA) is 157 Å². The molecular formula is C38H45ClN6O6. The van der Waals surface area contributed by atoms with Gasteiger partial charge in [0, 0.05) is 30.6 Å². The summed E-state index contributed by atoms with van der Waals surface area (Å²) in [7, 11) is 1.45. The van der Waals surface area contributed by atoms with Crippen molar-refractivity contribution in [2.75, 3.05) is 20.1 Å². The van der Waals surface area contributed by atoms with Crippen molar-refractivity contribution in [1.82, 2.24) is 31.1 Å². The lowest BCUT2D eigenvalue weighted by Crippen LogP contribution is -2.59. The Hall–Kier alpha value is -5.23. The fourth-order valence-electron chi connectivity index (χ4n) is 5.68. The molecule has 270 valence electrons. The Kier molecular flexibility index (Phi) is 13.3. The summed E-state index contributed by atoms with van der Waals surface area (Å²) in [5.41, 5.74) is 1.66. The van der Waals surface area contributed by atoms with Gasteiger partial charge in [0.15, 0.2) is 0 Å². The lowest BCUT2D eigenvalue weighted by atomic mass is 10.0. The van der Waals surface area contributed by atoms with Crippen LogP contribution in [0.5, 0.6) is 0 Å². The van der Waals surface area contributed by atoms with Crippen molar-refractivity contribution in [2.45, 2.75) is 64.3 Å². The molecule has 5 atom stereocenters. The largest absolute Gasteiger partial charge is 0.346 e. The molecular weight excluding hydrogens is 672 g/mol. The average molecular weight is 717 g/mol. The van der Waals surface area contributed by atoms with Gasteiger partial charge in [-0.05, 0) is 55.2 Å². The third-order valence-electron chi connectivity index (χ3n) is 8.86. The van der Waals surface area contributed by atoms with Gasteiger partial charge in [-0.15, -0.1) is 0 Å². The van der Waals surface area contributed by atoms with Crippen LogP contribution in [0, 0.1) is 5.92 Å². The fraction of sp³-hybridized carbons (Fsp3) is 0.368. The van der Waals surface area contributed by atoms with Crippen LogP contribution in [-0.2, 0) is 30.4 Å². The van der Waals surface area contributed by atoms with Gasteiger partial charge in [-0.3, -0.25) is 28.8 Å². The Bertz CT molecular complexity index is 1700. The summed E-state index contributed by atoms with van der Waals surface area (Å²) in [6.07, 6.45) is 0.104. The predicted molar refractivity (Wildman–Crippen MR) is 193 cm³/mol. The molecule has 51 heavy (non-hydrogen) atoms. The summed E-state index contributed by atoms with van der Waals surface area (Å²) in [5, 5.41) is 11.6. The first kappa shape index (κ1) is 38.6. The number of likely N-dealkylation sites (N-methyl/N-ethyl adjacent to an activating group) is 1. The van der Waals surface area contributed by atoms with Crippen LogP contribution >= 0.6 is 11.6 Å². The third kappa shape index (κ3) is 10.4. The molecule has 1 saturated heterocycles. The molecule has 1 heterocycles. The molecule has 6 amide bonds. The first-order valence-electron chi connectivity index (χ1n) is 16.9. The van der Waals surface area contributed by atoms with E-state index in [-0.39, 0.29) is 24.4 Å². The molecule has 3 aromatic rings.